The second kappa shape index (κ2) is 9.11. The number of hydrogen-bond donors (Lipinski definition) is 3. The van der Waals surface area contributed by atoms with Crippen LogP contribution in [0.1, 0.15) is 52.2 Å². The standard InChI is InChI=1S/C19H33N3O2/c1-15(2)13-21-18(20-11-9-16-7-6-12-24-16)22-14-19(3)10-5-4-8-17(19)23/h6-7,12,15,17,23H,4-5,8-11,13-14H2,1-3H3,(H2,20,21,22). The van der Waals surface area contributed by atoms with Crippen molar-refractivity contribution in [3.05, 3.63) is 24.2 Å². The maximum absolute atomic E-state index is 10.3. The van der Waals surface area contributed by atoms with Crippen LogP contribution in [0.5, 0.6) is 0 Å². The van der Waals surface area contributed by atoms with Crippen LogP contribution >= 0.6 is 0 Å². The molecule has 2 unspecified atom stereocenters. The predicted molar refractivity (Wildman–Crippen MR) is 98.1 cm³/mol. The van der Waals surface area contributed by atoms with Gasteiger partial charge in [0.05, 0.1) is 18.9 Å². The fourth-order valence-electron chi connectivity index (χ4n) is 3.06. The van der Waals surface area contributed by atoms with Crippen LogP contribution in [0.2, 0.25) is 0 Å². The van der Waals surface area contributed by atoms with Gasteiger partial charge in [-0.05, 0) is 30.9 Å². The van der Waals surface area contributed by atoms with E-state index in [1.807, 2.05) is 12.1 Å². The molecule has 0 aromatic carbocycles. The Morgan fingerprint density at radius 1 is 1.42 bits per heavy atom. The topological polar surface area (TPSA) is 69.8 Å². The smallest absolute Gasteiger partial charge is 0.191 e. The van der Waals surface area contributed by atoms with E-state index < -0.39 is 0 Å². The summed E-state index contributed by atoms with van der Waals surface area (Å²) in [7, 11) is 0. The van der Waals surface area contributed by atoms with Crippen molar-refractivity contribution in [3.8, 4) is 0 Å². The third-order valence-corrected chi connectivity index (χ3v) is 4.80. The number of aliphatic hydroxyl groups is 1. The predicted octanol–water partition coefficient (Wildman–Crippen LogP) is 2.95. The van der Waals surface area contributed by atoms with Crippen LogP contribution in [0.3, 0.4) is 0 Å². The largest absolute Gasteiger partial charge is 0.469 e. The molecule has 5 heteroatoms. The number of furan rings is 1. The SMILES string of the molecule is CC(C)CNC(=NCC1(C)CCCCC1O)NCCc1ccco1. The lowest BCUT2D eigenvalue weighted by Gasteiger charge is -2.37. The molecular formula is C19H33N3O2. The fraction of sp³-hybridized carbons (Fsp3) is 0.737. The Hall–Kier alpha value is -1.49. The van der Waals surface area contributed by atoms with Crippen molar-refractivity contribution in [1.29, 1.82) is 0 Å². The number of hydrogen-bond acceptors (Lipinski definition) is 3. The highest BCUT2D eigenvalue weighted by molar-refractivity contribution is 5.79. The number of nitrogens with one attached hydrogen (secondary N) is 2. The third-order valence-electron chi connectivity index (χ3n) is 4.80. The highest BCUT2D eigenvalue weighted by Crippen LogP contribution is 2.36. The quantitative estimate of drug-likeness (QED) is 0.529. The van der Waals surface area contributed by atoms with Gasteiger partial charge in [0.15, 0.2) is 5.96 Å². The number of guanidine groups is 1. The lowest BCUT2D eigenvalue weighted by molar-refractivity contribution is 0.00716. The molecule has 3 N–H and O–H groups in total. The molecule has 0 saturated heterocycles. The van der Waals surface area contributed by atoms with Gasteiger partial charge in [0.25, 0.3) is 0 Å². The van der Waals surface area contributed by atoms with Crippen LogP contribution in [0.25, 0.3) is 0 Å². The van der Waals surface area contributed by atoms with Crippen LogP contribution in [0.4, 0.5) is 0 Å². The molecular weight excluding hydrogens is 302 g/mol. The minimum atomic E-state index is -0.246. The second-order valence-electron chi connectivity index (χ2n) is 7.61. The Bertz CT molecular complexity index is 499. The minimum absolute atomic E-state index is 0.105. The Morgan fingerprint density at radius 2 is 2.25 bits per heavy atom. The van der Waals surface area contributed by atoms with Crippen molar-refractivity contribution in [3.63, 3.8) is 0 Å². The lowest BCUT2D eigenvalue weighted by Crippen LogP contribution is -2.43. The average Bonchev–Trinajstić information content (AvgIpc) is 3.06. The van der Waals surface area contributed by atoms with Gasteiger partial charge in [0, 0.05) is 24.9 Å². The summed E-state index contributed by atoms with van der Waals surface area (Å²) in [6, 6.07) is 3.89. The Morgan fingerprint density at radius 3 is 2.92 bits per heavy atom. The highest BCUT2D eigenvalue weighted by Gasteiger charge is 2.35. The summed E-state index contributed by atoms with van der Waals surface area (Å²) in [6.45, 7) is 8.83. The van der Waals surface area contributed by atoms with E-state index in [1.165, 1.54) is 6.42 Å². The van der Waals surface area contributed by atoms with Gasteiger partial charge in [-0.3, -0.25) is 4.99 Å². The van der Waals surface area contributed by atoms with Crippen molar-refractivity contribution < 1.29 is 9.52 Å². The Kier molecular flexibility index (Phi) is 7.16. The monoisotopic (exact) mass is 335 g/mol. The van der Waals surface area contributed by atoms with Crippen molar-refractivity contribution in [2.24, 2.45) is 16.3 Å². The van der Waals surface area contributed by atoms with E-state index in [2.05, 4.69) is 31.4 Å². The fourth-order valence-corrected chi connectivity index (χ4v) is 3.06. The van der Waals surface area contributed by atoms with E-state index in [0.29, 0.717) is 12.5 Å². The maximum atomic E-state index is 10.3. The van der Waals surface area contributed by atoms with Gasteiger partial charge >= 0.3 is 0 Å². The maximum Gasteiger partial charge on any atom is 0.191 e. The summed E-state index contributed by atoms with van der Waals surface area (Å²) in [6.07, 6.45) is 6.53. The summed E-state index contributed by atoms with van der Waals surface area (Å²) in [5.41, 5.74) is -0.105. The minimum Gasteiger partial charge on any atom is -0.469 e. The molecule has 1 saturated carbocycles. The molecule has 0 radical (unpaired) electrons. The zero-order valence-electron chi connectivity index (χ0n) is 15.3. The zero-order chi connectivity index (χ0) is 17.4. The first-order valence-corrected chi connectivity index (χ1v) is 9.22. The summed E-state index contributed by atoms with van der Waals surface area (Å²) >= 11 is 0. The number of aliphatic hydroxyl groups excluding tert-OH is 1. The highest BCUT2D eigenvalue weighted by atomic mass is 16.3. The van der Waals surface area contributed by atoms with Crippen LogP contribution < -0.4 is 10.6 Å². The summed E-state index contributed by atoms with van der Waals surface area (Å²) in [5.74, 6) is 2.35. The number of aliphatic imine (C=N–C) groups is 1. The van der Waals surface area contributed by atoms with E-state index in [4.69, 9.17) is 9.41 Å². The molecule has 1 aliphatic carbocycles. The summed E-state index contributed by atoms with van der Waals surface area (Å²) in [5, 5.41) is 17.1. The van der Waals surface area contributed by atoms with Crippen LogP contribution in [-0.4, -0.2) is 36.8 Å². The van der Waals surface area contributed by atoms with E-state index >= 15 is 0 Å². The summed E-state index contributed by atoms with van der Waals surface area (Å²) in [4.78, 5) is 4.76. The molecule has 2 atom stereocenters. The Balaban J connectivity index is 1.90. The third kappa shape index (κ3) is 5.86. The van der Waals surface area contributed by atoms with Gasteiger partial charge in [-0.15, -0.1) is 0 Å². The van der Waals surface area contributed by atoms with Crippen LogP contribution in [0.15, 0.2) is 27.8 Å². The van der Waals surface area contributed by atoms with E-state index in [9.17, 15) is 5.11 Å². The Labute approximate surface area is 145 Å². The number of rotatable bonds is 7. The molecule has 2 rings (SSSR count). The molecule has 0 bridgehead atoms. The van der Waals surface area contributed by atoms with E-state index in [1.54, 1.807) is 6.26 Å². The van der Waals surface area contributed by atoms with Crippen molar-refractivity contribution in [2.75, 3.05) is 19.6 Å². The molecule has 1 fully saturated rings. The molecule has 0 aliphatic heterocycles. The van der Waals surface area contributed by atoms with Gasteiger partial charge in [0.2, 0.25) is 0 Å². The molecule has 24 heavy (non-hydrogen) atoms. The van der Waals surface area contributed by atoms with E-state index in [-0.39, 0.29) is 11.5 Å². The molecule has 136 valence electrons. The average molecular weight is 335 g/mol. The molecule has 0 amide bonds. The van der Waals surface area contributed by atoms with Crippen molar-refractivity contribution >= 4 is 5.96 Å². The van der Waals surface area contributed by atoms with Gasteiger partial charge in [-0.1, -0.05) is 33.6 Å². The molecule has 1 aliphatic rings. The second-order valence-corrected chi connectivity index (χ2v) is 7.61. The molecule has 0 spiro atoms. The van der Waals surface area contributed by atoms with Crippen molar-refractivity contribution in [2.45, 2.75) is 59.0 Å². The zero-order valence-corrected chi connectivity index (χ0v) is 15.3. The first-order valence-electron chi connectivity index (χ1n) is 9.22. The molecule has 1 heterocycles. The molecule has 5 nitrogen and oxygen atoms in total. The molecule has 1 aromatic rings. The van der Waals surface area contributed by atoms with Crippen LogP contribution in [0, 0.1) is 11.3 Å². The first kappa shape index (κ1) is 18.8. The van der Waals surface area contributed by atoms with E-state index in [0.717, 1.165) is 50.5 Å². The normalized spacial score (nSPS) is 25.0. The van der Waals surface area contributed by atoms with Gasteiger partial charge in [-0.25, -0.2) is 0 Å². The number of nitrogens with zero attached hydrogens (tertiary/aromatic N) is 1. The molecule has 1 aromatic heterocycles. The van der Waals surface area contributed by atoms with Gasteiger partial charge in [0.1, 0.15) is 5.76 Å². The van der Waals surface area contributed by atoms with Gasteiger partial charge < -0.3 is 20.2 Å². The van der Waals surface area contributed by atoms with Crippen molar-refractivity contribution in [1.82, 2.24) is 10.6 Å². The first-order chi connectivity index (χ1) is 11.5. The van der Waals surface area contributed by atoms with Gasteiger partial charge in [-0.2, -0.15) is 0 Å². The van der Waals surface area contributed by atoms with Crippen LogP contribution in [-0.2, 0) is 6.42 Å². The summed E-state index contributed by atoms with van der Waals surface area (Å²) < 4.78 is 5.37. The lowest BCUT2D eigenvalue weighted by atomic mass is 9.73.